The van der Waals surface area contributed by atoms with E-state index in [1.54, 1.807) is 0 Å². The molecule has 2 rings (SSSR count). The Hall–Kier alpha value is -2.48. The van der Waals surface area contributed by atoms with Crippen LogP contribution in [0.5, 0.6) is 0 Å². The standard InChI is InChI=1S/C10H7ClFN5O2/c11-5-1-2-7(6(12)3-5)15-9-8(17(18)19)4-14-10(13)16-9/h1-4H,(H3,13,14,15,16). The first kappa shape index (κ1) is 13.0. The summed E-state index contributed by atoms with van der Waals surface area (Å²) in [5, 5.41) is 13.5. The molecule has 0 unspecified atom stereocenters. The molecule has 0 atom stereocenters. The summed E-state index contributed by atoms with van der Waals surface area (Å²) < 4.78 is 13.6. The summed E-state index contributed by atoms with van der Waals surface area (Å²) in [7, 11) is 0. The second kappa shape index (κ2) is 5.02. The molecule has 0 fully saturated rings. The molecule has 0 saturated heterocycles. The molecule has 98 valence electrons. The molecular formula is C10H7ClFN5O2. The Labute approximate surface area is 111 Å². The zero-order chi connectivity index (χ0) is 14.0. The second-order valence-electron chi connectivity index (χ2n) is 3.47. The van der Waals surface area contributed by atoms with Gasteiger partial charge in [0, 0.05) is 5.02 Å². The van der Waals surface area contributed by atoms with Gasteiger partial charge in [0.2, 0.25) is 11.8 Å². The quantitative estimate of drug-likeness (QED) is 0.662. The minimum Gasteiger partial charge on any atom is -0.368 e. The molecule has 1 aromatic carbocycles. The van der Waals surface area contributed by atoms with Gasteiger partial charge in [0.05, 0.1) is 10.6 Å². The lowest BCUT2D eigenvalue weighted by Crippen LogP contribution is -2.04. The zero-order valence-electron chi connectivity index (χ0n) is 9.30. The van der Waals surface area contributed by atoms with E-state index < -0.39 is 16.4 Å². The summed E-state index contributed by atoms with van der Waals surface area (Å²) in [6.45, 7) is 0. The van der Waals surface area contributed by atoms with Gasteiger partial charge in [-0.1, -0.05) is 11.6 Å². The Balaban J connectivity index is 2.42. The molecule has 0 aliphatic heterocycles. The van der Waals surface area contributed by atoms with Crippen molar-refractivity contribution in [3.63, 3.8) is 0 Å². The van der Waals surface area contributed by atoms with E-state index in [4.69, 9.17) is 17.3 Å². The molecule has 1 heterocycles. The van der Waals surface area contributed by atoms with Crippen LogP contribution in [0.2, 0.25) is 5.02 Å². The van der Waals surface area contributed by atoms with Gasteiger partial charge in [-0.3, -0.25) is 10.1 Å². The summed E-state index contributed by atoms with van der Waals surface area (Å²) in [5.74, 6) is -1.03. The smallest absolute Gasteiger partial charge is 0.329 e. The Morgan fingerprint density at radius 2 is 2.21 bits per heavy atom. The highest BCUT2D eigenvalue weighted by Gasteiger charge is 2.18. The number of rotatable bonds is 3. The van der Waals surface area contributed by atoms with Crippen molar-refractivity contribution >= 4 is 34.7 Å². The predicted octanol–water partition coefficient (Wildman–Crippen LogP) is 2.50. The summed E-state index contributed by atoms with van der Waals surface area (Å²) in [6, 6.07) is 3.84. The van der Waals surface area contributed by atoms with E-state index in [-0.39, 0.29) is 22.5 Å². The van der Waals surface area contributed by atoms with Gasteiger partial charge in [-0.25, -0.2) is 9.37 Å². The molecule has 3 N–H and O–H groups in total. The van der Waals surface area contributed by atoms with Crippen LogP contribution in [0.1, 0.15) is 0 Å². The van der Waals surface area contributed by atoms with Gasteiger partial charge in [-0.05, 0) is 18.2 Å². The topological polar surface area (TPSA) is 107 Å². The normalized spacial score (nSPS) is 10.2. The van der Waals surface area contributed by atoms with Gasteiger partial charge < -0.3 is 11.1 Å². The number of hydrogen-bond donors (Lipinski definition) is 2. The Morgan fingerprint density at radius 1 is 1.47 bits per heavy atom. The highest BCUT2D eigenvalue weighted by molar-refractivity contribution is 6.30. The van der Waals surface area contributed by atoms with Crippen molar-refractivity contribution in [1.29, 1.82) is 0 Å². The molecule has 1 aromatic heterocycles. The fourth-order valence-electron chi connectivity index (χ4n) is 1.33. The van der Waals surface area contributed by atoms with Crippen molar-refractivity contribution in [2.45, 2.75) is 0 Å². The highest BCUT2D eigenvalue weighted by atomic mass is 35.5. The Kier molecular flexibility index (Phi) is 3.43. The number of nitrogen functional groups attached to an aromatic ring is 1. The van der Waals surface area contributed by atoms with Crippen molar-refractivity contribution in [2.75, 3.05) is 11.1 Å². The van der Waals surface area contributed by atoms with E-state index in [0.717, 1.165) is 12.3 Å². The maximum absolute atomic E-state index is 13.6. The molecule has 2 aromatic rings. The molecule has 0 bridgehead atoms. The molecule has 0 aliphatic carbocycles. The van der Waals surface area contributed by atoms with Crippen LogP contribution in [0.15, 0.2) is 24.4 Å². The molecule has 7 nitrogen and oxygen atoms in total. The van der Waals surface area contributed by atoms with Crippen molar-refractivity contribution in [3.05, 3.63) is 45.4 Å². The lowest BCUT2D eigenvalue weighted by molar-refractivity contribution is -0.384. The molecule has 0 spiro atoms. The van der Waals surface area contributed by atoms with Gasteiger partial charge in [0.25, 0.3) is 0 Å². The first-order valence-corrected chi connectivity index (χ1v) is 5.34. The lowest BCUT2D eigenvalue weighted by atomic mass is 10.3. The number of benzene rings is 1. The van der Waals surface area contributed by atoms with Crippen LogP contribution in [0.4, 0.5) is 27.5 Å². The molecule has 0 aliphatic rings. The van der Waals surface area contributed by atoms with Crippen molar-refractivity contribution in [1.82, 2.24) is 9.97 Å². The van der Waals surface area contributed by atoms with E-state index in [0.29, 0.717) is 0 Å². The van der Waals surface area contributed by atoms with Gasteiger partial charge >= 0.3 is 5.69 Å². The van der Waals surface area contributed by atoms with Crippen LogP contribution in [0.25, 0.3) is 0 Å². The van der Waals surface area contributed by atoms with Crippen molar-refractivity contribution < 1.29 is 9.31 Å². The molecule has 9 heteroatoms. The highest BCUT2D eigenvalue weighted by Crippen LogP contribution is 2.27. The number of nitrogens with zero attached hydrogens (tertiary/aromatic N) is 3. The Bertz CT molecular complexity index is 652. The van der Waals surface area contributed by atoms with E-state index >= 15 is 0 Å². The van der Waals surface area contributed by atoms with E-state index in [2.05, 4.69) is 15.3 Å². The SMILES string of the molecule is Nc1ncc([N+](=O)[O-])c(Nc2ccc(Cl)cc2F)n1. The van der Waals surface area contributed by atoms with Crippen LogP contribution >= 0.6 is 11.6 Å². The summed E-state index contributed by atoms with van der Waals surface area (Å²) >= 11 is 5.61. The van der Waals surface area contributed by atoms with Gasteiger partial charge in [0.15, 0.2) is 0 Å². The summed E-state index contributed by atoms with van der Waals surface area (Å²) in [5.41, 5.74) is 4.92. The second-order valence-corrected chi connectivity index (χ2v) is 3.90. The van der Waals surface area contributed by atoms with E-state index in [1.807, 2.05) is 0 Å². The van der Waals surface area contributed by atoms with E-state index in [9.17, 15) is 14.5 Å². The van der Waals surface area contributed by atoms with Crippen LogP contribution in [-0.2, 0) is 0 Å². The van der Waals surface area contributed by atoms with Gasteiger partial charge in [0.1, 0.15) is 12.0 Å². The van der Waals surface area contributed by atoms with Gasteiger partial charge in [-0.15, -0.1) is 0 Å². The fraction of sp³-hybridized carbons (Fsp3) is 0. The van der Waals surface area contributed by atoms with Crippen molar-refractivity contribution in [2.24, 2.45) is 0 Å². The third-order valence-electron chi connectivity index (χ3n) is 2.17. The number of halogens is 2. The average Bonchev–Trinajstić information content (AvgIpc) is 2.32. The lowest BCUT2D eigenvalue weighted by Gasteiger charge is -2.07. The Morgan fingerprint density at radius 3 is 2.84 bits per heavy atom. The van der Waals surface area contributed by atoms with Crippen LogP contribution in [0.3, 0.4) is 0 Å². The summed E-state index contributed by atoms with van der Waals surface area (Å²) in [4.78, 5) is 17.3. The van der Waals surface area contributed by atoms with Gasteiger partial charge in [-0.2, -0.15) is 4.98 Å². The van der Waals surface area contributed by atoms with Crippen LogP contribution in [-0.4, -0.2) is 14.9 Å². The number of hydrogen-bond acceptors (Lipinski definition) is 6. The largest absolute Gasteiger partial charge is 0.368 e. The molecule has 19 heavy (non-hydrogen) atoms. The van der Waals surface area contributed by atoms with Crippen LogP contribution < -0.4 is 11.1 Å². The minimum atomic E-state index is -0.699. The molecule has 0 radical (unpaired) electrons. The number of nitrogens with two attached hydrogens (primary N) is 1. The van der Waals surface area contributed by atoms with Crippen LogP contribution in [0, 0.1) is 15.9 Å². The first-order valence-electron chi connectivity index (χ1n) is 4.96. The third kappa shape index (κ3) is 2.86. The molecule has 0 amide bonds. The number of nitrogens with one attached hydrogen (secondary N) is 1. The molecular weight excluding hydrogens is 277 g/mol. The number of anilines is 3. The van der Waals surface area contributed by atoms with Crippen molar-refractivity contribution in [3.8, 4) is 0 Å². The third-order valence-corrected chi connectivity index (χ3v) is 2.40. The monoisotopic (exact) mass is 283 g/mol. The maximum atomic E-state index is 13.6. The number of nitro groups is 1. The molecule has 0 saturated carbocycles. The summed E-state index contributed by atoms with van der Waals surface area (Å²) in [6.07, 6.45) is 0.943. The zero-order valence-corrected chi connectivity index (χ0v) is 10.1. The predicted molar refractivity (Wildman–Crippen MR) is 67.8 cm³/mol. The fourth-order valence-corrected chi connectivity index (χ4v) is 1.49. The minimum absolute atomic E-state index is 0.00870. The van der Waals surface area contributed by atoms with E-state index in [1.165, 1.54) is 12.1 Å². The maximum Gasteiger partial charge on any atom is 0.329 e. The number of aromatic nitrogens is 2. The first-order chi connectivity index (χ1) is 8.97. The average molecular weight is 284 g/mol.